The van der Waals surface area contributed by atoms with Crippen molar-refractivity contribution in [2.24, 2.45) is 5.92 Å². The molecule has 2 aliphatic rings. The Hall–Kier alpha value is -0.700. The number of allylic oxidation sites excluding steroid dienone is 1. The van der Waals surface area contributed by atoms with Gasteiger partial charge in [0.15, 0.2) is 0 Å². The monoisotopic (exact) mass is 212 g/mol. The second-order valence-corrected chi connectivity index (χ2v) is 4.13. The van der Waals surface area contributed by atoms with Gasteiger partial charge in [-0.2, -0.15) is 0 Å². The van der Waals surface area contributed by atoms with Crippen molar-refractivity contribution in [1.82, 2.24) is 0 Å². The summed E-state index contributed by atoms with van der Waals surface area (Å²) in [5.41, 5.74) is 0. The van der Waals surface area contributed by atoms with Gasteiger partial charge in [-0.25, -0.2) is 0 Å². The van der Waals surface area contributed by atoms with E-state index in [1.165, 1.54) is 12.8 Å². The van der Waals surface area contributed by atoms with Crippen LogP contribution in [0, 0.1) is 5.92 Å². The molecule has 1 aliphatic carbocycles. The molecule has 3 nitrogen and oxygen atoms in total. The summed E-state index contributed by atoms with van der Waals surface area (Å²) in [7, 11) is 0. The first-order valence-corrected chi connectivity index (χ1v) is 5.96. The lowest BCUT2D eigenvalue weighted by Crippen LogP contribution is -2.41. The van der Waals surface area contributed by atoms with Crippen LogP contribution in [0.15, 0.2) is 12.0 Å². The minimum atomic E-state index is -0.381. The molecule has 0 spiro atoms. The summed E-state index contributed by atoms with van der Waals surface area (Å²) >= 11 is 0. The molecule has 2 rings (SSSR count). The van der Waals surface area contributed by atoms with Gasteiger partial charge in [-0.15, -0.1) is 0 Å². The standard InChI is InChI=1S/C12H20O3/c1-3-13-11-8-7-10-6-5-9-12(10,15-11)14-4-2/h8,10H,3-7,9H2,1-2H3. The van der Waals surface area contributed by atoms with E-state index in [-0.39, 0.29) is 5.79 Å². The van der Waals surface area contributed by atoms with Crippen molar-refractivity contribution < 1.29 is 14.2 Å². The highest BCUT2D eigenvalue weighted by Gasteiger charge is 2.48. The van der Waals surface area contributed by atoms with Crippen LogP contribution in [-0.2, 0) is 14.2 Å². The lowest BCUT2D eigenvalue weighted by Gasteiger charge is -2.38. The van der Waals surface area contributed by atoms with E-state index >= 15 is 0 Å². The summed E-state index contributed by atoms with van der Waals surface area (Å²) in [6.07, 6.45) is 6.47. The molecule has 0 aromatic rings. The van der Waals surface area contributed by atoms with Crippen molar-refractivity contribution >= 4 is 0 Å². The smallest absolute Gasteiger partial charge is 0.277 e. The molecule has 0 aromatic carbocycles. The maximum atomic E-state index is 5.90. The zero-order valence-corrected chi connectivity index (χ0v) is 9.62. The van der Waals surface area contributed by atoms with E-state index in [1.807, 2.05) is 13.8 Å². The summed E-state index contributed by atoms with van der Waals surface area (Å²) in [6.45, 7) is 5.35. The van der Waals surface area contributed by atoms with Gasteiger partial charge in [-0.1, -0.05) is 0 Å². The van der Waals surface area contributed by atoms with Crippen molar-refractivity contribution in [3.05, 3.63) is 12.0 Å². The van der Waals surface area contributed by atoms with E-state index in [2.05, 4.69) is 6.08 Å². The second-order valence-electron chi connectivity index (χ2n) is 4.13. The molecule has 15 heavy (non-hydrogen) atoms. The van der Waals surface area contributed by atoms with Crippen molar-refractivity contribution in [3.8, 4) is 0 Å². The molecule has 86 valence electrons. The Morgan fingerprint density at radius 2 is 2.33 bits per heavy atom. The first-order valence-electron chi connectivity index (χ1n) is 5.96. The van der Waals surface area contributed by atoms with Crippen LogP contribution in [0.1, 0.15) is 39.5 Å². The molecule has 1 heterocycles. The molecule has 0 bridgehead atoms. The average molecular weight is 212 g/mol. The van der Waals surface area contributed by atoms with Crippen LogP contribution in [-0.4, -0.2) is 19.0 Å². The summed E-state index contributed by atoms with van der Waals surface area (Å²) in [5, 5.41) is 0. The number of rotatable bonds is 4. The van der Waals surface area contributed by atoms with Crippen LogP contribution in [0.4, 0.5) is 0 Å². The minimum Gasteiger partial charge on any atom is -0.466 e. The van der Waals surface area contributed by atoms with E-state index in [4.69, 9.17) is 14.2 Å². The molecule has 3 heteroatoms. The quantitative estimate of drug-likeness (QED) is 0.717. The third-order valence-corrected chi connectivity index (χ3v) is 3.22. The van der Waals surface area contributed by atoms with Crippen LogP contribution in [0.2, 0.25) is 0 Å². The van der Waals surface area contributed by atoms with Gasteiger partial charge in [0.25, 0.3) is 5.95 Å². The topological polar surface area (TPSA) is 27.7 Å². The zero-order valence-electron chi connectivity index (χ0n) is 9.62. The molecule has 1 saturated carbocycles. The van der Waals surface area contributed by atoms with Crippen molar-refractivity contribution in [2.45, 2.75) is 45.3 Å². The molecule has 0 amide bonds. The largest absolute Gasteiger partial charge is 0.466 e. The molecule has 1 fully saturated rings. The highest BCUT2D eigenvalue weighted by molar-refractivity contribution is 5.01. The van der Waals surface area contributed by atoms with Gasteiger partial charge in [0.05, 0.1) is 6.61 Å². The Morgan fingerprint density at radius 3 is 3.07 bits per heavy atom. The molecular formula is C12H20O3. The second kappa shape index (κ2) is 4.44. The number of ether oxygens (including phenoxy) is 3. The van der Waals surface area contributed by atoms with Crippen LogP contribution in [0.3, 0.4) is 0 Å². The SMILES string of the molecule is CCOC1=CCC2CCCC2(OCC)O1. The fourth-order valence-corrected chi connectivity index (χ4v) is 2.60. The number of fused-ring (bicyclic) bond motifs is 1. The Balaban J connectivity index is 2.09. The third-order valence-electron chi connectivity index (χ3n) is 3.22. The van der Waals surface area contributed by atoms with E-state index in [0.717, 1.165) is 12.8 Å². The molecule has 2 atom stereocenters. The van der Waals surface area contributed by atoms with Gasteiger partial charge < -0.3 is 14.2 Å². The molecular weight excluding hydrogens is 192 g/mol. The average Bonchev–Trinajstić information content (AvgIpc) is 2.61. The van der Waals surface area contributed by atoms with E-state index in [9.17, 15) is 0 Å². The van der Waals surface area contributed by atoms with Crippen LogP contribution in [0.5, 0.6) is 0 Å². The highest BCUT2D eigenvalue weighted by Crippen LogP contribution is 2.46. The van der Waals surface area contributed by atoms with Crippen LogP contribution < -0.4 is 0 Å². The first-order chi connectivity index (χ1) is 7.30. The molecule has 0 radical (unpaired) electrons. The Bertz CT molecular complexity index is 249. The fraction of sp³-hybridized carbons (Fsp3) is 0.833. The van der Waals surface area contributed by atoms with Gasteiger partial charge in [-0.05, 0) is 39.2 Å². The summed E-state index contributed by atoms with van der Waals surface area (Å²) in [5.74, 6) is 0.791. The maximum Gasteiger partial charge on any atom is 0.277 e. The molecule has 0 saturated heterocycles. The number of hydrogen-bond acceptors (Lipinski definition) is 3. The number of hydrogen-bond donors (Lipinski definition) is 0. The predicted octanol–water partition coefficient (Wildman–Crippen LogP) is 2.82. The van der Waals surface area contributed by atoms with Gasteiger partial charge in [-0.3, -0.25) is 0 Å². The van der Waals surface area contributed by atoms with Crippen molar-refractivity contribution in [3.63, 3.8) is 0 Å². The summed E-state index contributed by atoms with van der Waals surface area (Å²) in [6, 6.07) is 0. The molecule has 0 aromatic heterocycles. The van der Waals surface area contributed by atoms with Crippen molar-refractivity contribution in [1.29, 1.82) is 0 Å². The summed E-state index contributed by atoms with van der Waals surface area (Å²) < 4.78 is 17.1. The lowest BCUT2D eigenvalue weighted by molar-refractivity contribution is -0.261. The van der Waals surface area contributed by atoms with Crippen molar-refractivity contribution in [2.75, 3.05) is 13.2 Å². The minimum absolute atomic E-state index is 0.381. The van der Waals surface area contributed by atoms with Gasteiger partial charge in [0.2, 0.25) is 5.79 Å². The Morgan fingerprint density at radius 1 is 1.47 bits per heavy atom. The third kappa shape index (κ3) is 1.98. The van der Waals surface area contributed by atoms with Crippen LogP contribution in [0.25, 0.3) is 0 Å². The lowest BCUT2D eigenvalue weighted by atomic mass is 9.96. The highest BCUT2D eigenvalue weighted by atomic mass is 16.8. The van der Waals surface area contributed by atoms with Gasteiger partial charge in [0.1, 0.15) is 0 Å². The van der Waals surface area contributed by atoms with Gasteiger partial charge >= 0.3 is 0 Å². The fourth-order valence-electron chi connectivity index (χ4n) is 2.60. The van der Waals surface area contributed by atoms with E-state index < -0.39 is 0 Å². The van der Waals surface area contributed by atoms with Gasteiger partial charge in [0, 0.05) is 18.9 Å². The normalized spacial score (nSPS) is 34.3. The first kappa shape index (κ1) is 10.8. The molecule has 2 unspecified atom stereocenters. The Labute approximate surface area is 91.4 Å². The van der Waals surface area contributed by atoms with Crippen LogP contribution >= 0.6 is 0 Å². The maximum absolute atomic E-state index is 5.90. The molecule has 1 aliphatic heterocycles. The predicted molar refractivity (Wildman–Crippen MR) is 57.1 cm³/mol. The zero-order chi connectivity index (χ0) is 10.7. The Kier molecular flexibility index (Phi) is 3.19. The molecule has 0 N–H and O–H groups in total. The van der Waals surface area contributed by atoms with E-state index in [1.54, 1.807) is 0 Å². The summed E-state index contributed by atoms with van der Waals surface area (Å²) in [4.78, 5) is 0. The van der Waals surface area contributed by atoms with E-state index in [0.29, 0.717) is 25.1 Å².